The summed E-state index contributed by atoms with van der Waals surface area (Å²) in [6.07, 6.45) is 1.96. The quantitative estimate of drug-likeness (QED) is 0.229. The van der Waals surface area contributed by atoms with Gasteiger partial charge in [-0.05, 0) is 51.6 Å². The highest BCUT2D eigenvalue weighted by Gasteiger charge is 2.39. The lowest BCUT2D eigenvalue weighted by Crippen LogP contribution is -2.15. The minimum absolute atomic E-state index is 0.0831. The van der Waals surface area contributed by atoms with Crippen LogP contribution in [0.15, 0.2) is 114 Å². The maximum atomic E-state index is 6.55. The van der Waals surface area contributed by atoms with E-state index in [0.717, 1.165) is 45.3 Å². The molecule has 3 heteroatoms. The average molecular weight is 494 g/mol. The Labute approximate surface area is 223 Å². The molecule has 0 unspecified atom stereocenters. The summed E-state index contributed by atoms with van der Waals surface area (Å²) < 4.78 is 13.0. The van der Waals surface area contributed by atoms with E-state index in [9.17, 15) is 0 Å². The van der Waals surface area contributed by atoms with Gasteiger partial charge in [-0.2, -0.15) is 0 Å². The first kappa shape index (κ1) is 22.6. The van der Waals surface area contributed by atoms with E-state index in [1.54, 1.807) is 0 Å². The second-order valence-corrected chi connectivity index (χ2v) is 10.4. The lowest BCUT2D eigenvalue weighted by atomic mass is 9.82. The summed E-state index contributed by atoms with van der Waals surface area (Å²) in [5.74, 6) is 3.00. The summed E-state index contributed by atoms with van der Waals surface area (Å²) in [6, 6.07) is 37.6. The van der Waals surface area contributed by atoms with Gasteiger partial charge in [-0.1, -0.05) is 105 Å². The van der Waals surface area contributed by atoms with Gasteiger partial charge in [-0.3, -0.25) is 4.99 Å². The van der Waals surface area contributed by atoms with Crippen LogP contribution in [-0.4, -0.2) is 6.21 Å². The van der Waals surface area contributed by atoms with Crippen molar-refractivity contribution in [3.63, 3.8) is 0 Å². The van der Waals surface area contributed by atoms with Crippen molar-refractivity contribution in [3.8, 4) is 45.3 Å². The lowest BCUT2D eigenvalue weighted by Gasteiger charge is -2.25. The normalized spacial score (nSPS) is 14.2. The van der Waals surface area contributed by atoms with Gasteiger partial charge >= 0.3 is 0 Å². The molecule has 0 spiro atoms. The third-order valence-corrected chi connectivity index (χ3v) is 7.66. The zero-order valence-corrected chi connectivity index (χ0v) is 21.4. The zero-order valence-electron chi connectivity index (χ0n) is 21.4. The maximum Gasteiger partial charge on any atom is 0.178 e. The van der Waals surface area contributed by atoms with Crippen LogP contribution >= 0.6 is 0 Å². The van der Waals surface area contributed by atoms with Crippen molar-refractivity contribution in [3.05, 3.63) is 131 Å². The minimum Gasteiger partial charge on any atom is -0.449 e. The van der Waals surface area contributed by atoms with E-state index in [0.29, 0.717) is 6.54 Å². The van der Waals surface area contributed by atoms with Crippen LogP contribution in [0.25, 0.3) is 22.3 Å². The molecule has 0 saturated heterocycles. The van der Waals surface area contributed by atoms with Crippen molar-refractivity contribution in [2.24, 2.45) is 4.99 Å². The average Bonchev–Trinajstić information content (AvgIpc) is 3.19. The van der Waals surface area contributed by atoms with E-state index in [2.05, 4.69) is 86.6 Å². The molecule has 5 aromatic rings. The van der Waals surface area contributed by atoms with Crippen LogP contribution < -0.4 is 9.47 Å². The molecule has 184 valence electrons. The summed E-state index contributed by atoms with van der Waals surface area (Å²) in [5.41, 5.74) is 9.28. The largest absolute Gasteiger partial charge is 0.449 e. The van der Waals surface area contributed by atoms with Crippen LogP contribution in [-0.2, 0) is 12.0 Å². The summed E-state index contributed by atoms with van der Waals surface area (Å²) >= 11 is 0. The van der Waals surface area contributed by atoms with Crippen molar-refractivity contribution >= 4 is 6.21 Å². The van der Waals surface area contributed by atoms with E-state index >= 15 is 0 Å². The van der Waals surface area contributed by atoms with Crippen LogP contribution in [0.4, 0.5) is 0 Å². The topological polar surface area (TPSA) is 30.8 Å². The van der Waals surface area contributed by atoms with Gasteiger partial charge in [-0.25, -0.2) is 0 Å². The molecule has 1 heterocycles. The van der Waals surface area contributed by atoms with Crippen LogP contribution in [0, 0.1) is 0 Å². The summed E-state index contributed by atoms with van der Waals surface area (Å²) in [7, 11) is 0. The highest BCUT2D eigenvalue weighted by atomic mass is 16.6. The molecule has 0 amide bonds. The third-order valence-electron chi connectivity index (χ3n) is 7.66. The fourth-order valence-corrected chi connectivity index (χ4v) is 5.70. The van der Waals surface area contributed by atoms with Crippen LogP contribution in [0.2, 0.25) is 0 Å². The molecule has 3 nitrogen and oxygen atoms in total. The summed E-state index contributed by atoms with van der Waals surface area (Å²) in [6.45, 7) is 5.19. The number of aliphatic imine (C=N–C) groups is 1. The van der Waals surface area contributed by atoms with E-state index in [4.69, 9.17) is 14.5 Å². The number of hydrogen-bond donors (Lipinski definition) is 0. The molecule has 38 heavy (non-hydrogen) atoms. The van der Waals surface area contributed by atoms with E-state index in [1.165, 1.54) is 22.3 Å². The van der Waals surface area contributed by atoms with Gasteiger partial charge in [-0.15, -0.1) is 0 Å². The Morgan fingerprint density at radius 3 is 2.26 bits per heavy atom. The molecule has 7 rings (SSSR count). The van der Waals surface area contributed by atoms with E-state index in [1.807, 2.05) is 42.6 Å². The predicted molar refractivity (Wildman–Crippen MR) is 154 cm³/mol. The van der Waals surface area contributed by atoms with Crippen molar-refractivity contribution in [2.75, 3.05) is 0 Å². The Morgan fingerprint density at radius 1 is 0.658 bits per heavy atom. The molecule has 0 bridgehead atoms. The van der Waals surface area contributed by atoms with Crippen molar-refractivity contribution < 1.29 is 9.47 Å². The Bertz CT molecular complexity index is 1720. The van der Waals surface area contributed by atoms with Gasteiger partial charge in [0.25, 0.3) is 0 Å². The monoisotopic (exact) mass is 493 g/mol. The van der Waals surface area contributed by atoms with Gasteiger partial charge < -0.3 is 9.47 Å². The fraction of sp³-hybridized carbons (Fsp3) is 0.114. The van der Waals surface area contributed by atoms with Crippen molar-refractivity contribution in [2.45, 2.75) is 25.8 Å². The maximum absolute atomic E-state index is 6.55. The molecule has 5 aromatic carbocycles. The lowest BCUT2D eigenvalue weighted by molar-refractivity contribution is 0.360. The second kappa shape index (κ2) is 8.74. The minimum atomic E-state index is -0.0831. The number of rotatable bonds is 4. The summed E-state index contributed by atoms with van der Waals surface area (Å²) in [4.78, 5) is 4.70. The van der Waals surface area contributed by atoms with Crippen LogP contribution in [0.3, 0.4) is 0 Å². The van der Waals surface area contributed by atoms with Crippen LogP contribution in [0.5, 0.6) is 23.0 Å². The Kier molecular flexibility index (Phi) is 5.19. The van der Waals surface area contributed by atoms with Gasteiger partial charge in [0, 0.05) is 22.8 Å². The van der Waals surface area contributed by atoms with Gasteiger partial charge in [0.1, 0.15) is 0 Å². The third kappa shape index (κ3) is 3.62. The number of ether oxygens (including phenoxy) is 2. The predicted octanol–water partition coefficient (Wildman–Crippen LogP) is 9.18. The Balaban J connectivity index is 1.22. The first-order valence-corrected chi connectivity index (χ1v) is 13.0. The van der Waals surface area contributed by atoms with E-state index in [-0.39, 0.29) is 5.41 Å². The molecular weight excluding hydrogens is 466 g/mol. The fourth-order valence-electron chi connectivity index (χ4n) is 5.70. The van der Waals surface area contributed by atoms with E-state index < -0.39 is 0 Å². The van der Waals surface area contributed by atoms with Gasteiger partial charge in [0.15, 0.2) is 23.0 Å². The highest BCUT2D eigenvalue weighted by Crippen LogP contribution is 2.58. The molecule has 0 saturated carbocycles. The molecule has 1 aliphatic heterocycles. The number of hydrogen-bond acceptors (Lipinski definition) is 3. The molecule has 1 aliphatic carbocycles. The van der Waals surface area contributed by atoms with Crippen LogP contribution in [0.1, 0.15) is 36.1 Å². The molecule has 0 aromatic heterocycles. The number of nitrogens with zero attached hydrogens (tertiary/aromatic N) is 1. The second-order valence-electron chi connectivity index (χ2n) is 10.4. The molecular formula is C35H27NO2. The number of benzene rings is 5. The van der Waals surface area contributed by atoms with Crippen molar-refractivity contribution in [1.82, 2.24) is 0 Å². The first-order valence-electron chi connectivity index (χ1n) is 13.0. The van der Waals surface area contributed by atoms with Gasteiger partial charge in [0.2, 0.25) is 0 Å². The Hall–Kier alpha value is -4.63. The molecule has 0 atom stereocenters. The van der Waals surface area contributed by atoms with Gasteiger partial charge in [0.05, 0.1) is 6.54 Å². The molecule has 0 radical (unpaired) electrons. The highest BCUT2D eigenvalue weighted by molar-refractivity contribution is 5.91. The molecule has 2 aliphatic rings. The first-order chi connectivity index (χ1) is 18.6. The Morgan fingerprint density at radius 2 is 1.39 bits per heavy atom. The number of fused-ring (bicyclic) bond motifs is 6. The molecule has 0 fully saturated rings. The standard InChI is InChI=1S/C35H27NO2/c1-35(2)28-15-9-8-14-27(28)33-29(35)17-19-31-34(33)38-30-18-16-24(20-32(30)37-31)26-13-7-6-12-25(26)22-36-21-23-10-4-3-5-11-23/h3-20,22H,21H2,1-2H3. The molecule has 0 N–H and O–H groups in total. The smallest absolute Gasteiger partial charge is 0.178 e. The summed E-state index contributed by atoms with van der Waals surface area (Å²) in [5, 5.41) is 0. The van der Waals surface area contributed by atoms with Crippen molar-refractivity contribution in [1.29, 1.82) is 0 Å². The SMILES string of the molecule is CC1(C)c2ccccc2-c2c1ccc1c2Oc2ccc(-c3ccccc3C=NCc3ccccc3)cc2O1. The zero-order chi connectivity index (χ0) is 25.7.